The van der Waals surface area contributed by atoms with Crippen molar-refractivity contribution < 1.29 is 0 Å². The molecule has 2 aromatic heterocycles. The lowest BCUT2D eigenvalue weighted by Gasteiger charge is -2.21. The summed E-state index contributed by atoms with van der Waals surface area (Å²) in [7, 11) is 1.87. The summed E-state index contributed by atoms with van der Waals surface area (Å²) >= 11 is 6.05. The van der Waals surface area contributed by atoms with Gasteiger partial charge in [-0.25, -0.2) is 4.68 Å². The van der Waals surface area contributed by atoms with Crippen LogP contribution >= 0.6 is 11.6 Å². The van der Waals surface area contributed by atoms with Crippen LogP contribution in [0.2, 0.25) is 5.02 Å². The number of anilines is 1. The number of hydrogen-bond donors (Lipinski definition) is 1. The Morgan fingerprint density at radius 2 is 1.90 bits per heavy atom. The molecule has 29 heavy (non-hydrogen) atoms. The van der Waals surface area contributed by atoms with Crippen molar-refractivity contribution in [2.45, 2.75) is 25.9 Å². The lowest BCUT2D eigenvalue weighted by molar-refractivity contribution is 0.539. The summed E-state index contributed by atoms with van der Waals surface area (Å²) in [6, 6.07) is 14.4. The zero-order valence-electron chi connectivity index (χ0n) is 16.2. The van der Waals surface area contributed by atoms with E-state index >= 15 is 0 Å². The van der Waals surface area contributed by atoms with Crippen LogP contribution in [0.1, 0.15) is 23.7 Å². The second-order valence-corrected chi connectivity index (χ2v) is 7.76. The van der Waals surface area contributed by atoms with Gasteiger partial charge in [0.05, 0.1) is 23.6 Å². The Bertz CT molecular complexity index is 1180. The molecule has 0 spiro atoms. The molecule has 3 heterocycles. The zero-order chi connectivity index (χ0) is 20.0. The number of benzene rings is 2. The van der Waals surface area contributed by atoms with Gasteiger partial charge in [-0.05, 0) is 49.2 Å². The van der Waals surface area contributed by atoms with E-state index in [1.54, 1.807) is 4.68 Å². The molecule has 1 aliphatic heterocycles. The Kier molecular flexibility index (Phi) is 4.32. The highest BCUT2D eigenvalue weighted by molar-refractivity contribution is 6.30. The van der Waals surface area contributed by atoms with Gasteiger partial charge in [0, 0.05) is 35.4 Å². The SMILES string of the molecule is Cc1nnn2c1-c1ccc(-c3cn(C)nn3)cc1C(Nc1ccc(Cl)cc1)CC2. The lowest BCUT2D eigenvalue weighted by Crippen LogP contribution is -2.12. The van der Waals surface area contributed by atoms with Gasteiger partial charge >= 0.3 is 0 Å². The standard InChI is InChI=1S/C21H20ClN7/c1-13-21-17-8-3-14(20-12-28(2)26-25-20)11-18(17)19(9-10-29(21)27-24-13)23-16-6-4-15(22)5-7-16/h3-8,11-12,19,23H,9-10H2,1-2H3. The summed E-state index contributed by atoms with van der Waals surface area (Å²) < 4.78 is 3.72. The summed E-state index contributed by atoms with van der Waals surface area (Å²) in [5.74, 6) is 0. The number of halogens is 1. The summed E-state index contributed by atoms with van der Waals surface area (Å²) in [4.78, 5) is 0. The first-order valence-corrected chi connectivity index (χ1v) is 9.89. The van der Waals surface area contributed by atoms with Crippen molar-refractivity contribution in [3.05, 3.63) is 64.9 Å². The molecular formula is C21H20ClN7. The Morgan fingerprint density at radius 3 is 2.66 bits per heavy atom. The molecule has 0 fully saturated rings. The van der Waals surface area contributed by atoms with Gasteiger partial charge in [0.15, 0.2) is 0 Å². The molecule has 1 aliphatic rings. The van der Waals surface area contributed by atoms with Crippen molar-refractivity contribution in [2.24, 2.45) is 7.05 Å². The molecule has 0 bridgehead atoms. The summed E-state index contributed by atoms with van der Waals surface area (Å²) in [6.45, 7) is 2.79. The van der Waals surface area contributed by atoms with E-state index in [-0.39, 0.29) is 6.04 Å². The molecule has 5 rings (SSSR count). The summed E-state index contributed by atoms with van der Waals surface area (Å²) in [5.41, 5.74) is 7.28. The first kappa shape index (κ1) is 17.9. The second kappa shape index (κ2) is 7.00. The Hall–Kier alpha value is -3.19. The molecule has 146 valence electrons. The van der Waals surface area contributed by atoms with Crippen molar-refractivity contribution in [3.8, 4) is 22.5 Å². The van der Waals surface area contributed by atoms with E-state index in [9.17, 15) is 0 Å². The lowest BCUT2D eigenvalue weighted by atomic mass is 9.93. The quantitative estimate of drug-likeness (QED) is 0.551. The summed E-state index contributed by atoms with van der Waals surface area (Å²) in [6.07, 6.45) is 2.81. The Morgan fingerprint density at radius 1 is 1.07 bits per heavy atom. The van der Waals surface area contributed by atoms with Gasteiger partial charge in [0.25, 0.3) is 0 Å². The van der Waals surface area contributed by atoms with Crippen molar-refractivity contribution in [2.75, 3.05) is 5.32 Å². The van der Waals surface area contributed by atoms with Crippen LogP contribution in [0.3, 0.4) is 0 Å². The van der Waals surface area contributed by atoms with Gasteiger partial charge in [-0.3, -0.25) is 4.68 Å². The van der Waals surface area contributed by atoms with E-state index < -0.39 is 0 Å². The fourth-order valence-corrected chi connectivity index (χ4v) is 4.03. The number of fused-ring (bicyclic) bond motifs is 3. The minimum Gasteiger partial charge on any atom is -0.378 e. The van der Waals surface area contributed by atoms with Crippen LogP contribution in [-0.4, -0.2) is 30.0 Å². The number of aromatic nitrogens is 6. The molecule has 0 saturated carbocycles. The minimum absolute atomic E-state index is 0.115. The number of rotatable bonds is 3. The van der Waals surface area contributed by atoms with E-state index in [0.717, 1.165) is 51.9 Å². The molecule has 1 atom stereocenters. The number of nitrogens with zero attached hydrogens (tertiary/aromatic N) is 6. The molecule has 4 aromatic rings. The molecule has 0 aliphatic carbocycles. The van der Waals surface area contributed by atoms with E-state index in [0.29, 0.717) is 0 Å². The third-order valence-electron chi connectivity index (χ3n) is 5.30. The van der Waals surface area contributed by atoms with E-state index in [1.807, 2.05) is 49.1 Å². The average Bonchev–Trinajstić information content (AvgIpc) is 3.28. The molecule has 1 N–H and O–H groups in total. The minimum atomic E-state index is 0.115. The maximum Gasteiger partial charge on any atom is 0.113 e. The highest BCUT2D eigenvalue weighted by atomic mass is 35.5. The molecule has 7 nitrogen and oxygen atoms in total. The topological polar surface area (TPSA) is 73.5 Å². The van der Waals surface area contributed by atoms with Crippen molar-refractivity contribution >= 4 is 17.3 Å². The maximum absolute atomic E-state index is 6.05. The highest BCUT2D eigenvalue weighted by Crippen LogP contribution is 2.38. The van der Waals surface area contributed by atoms with Crippen LogP contribution in [0.25, 0.3) is 22.5 Å². The van der Waals surface area contributed by atoms with E-state index in [1.165, 1.54) is 5.56 Å². The molecular weight excluding hydrogens is 386 g/mol. The fourth-order valence-electron chi connectivity index (χ4n) is 3.90. The normalized spacial score (nSPS) is 15.5. The van der Waals surface area contributed by atoms with E-state index in [2.05, 4.69) is 44.1 Å². The summed E-state index contributed by atoms with van der Waals surface area (Å²) in [5, 5.41) is 21.4. The molecule has 2 aromatic carbocycles. The zero-order valence-corrected chi connectivity index (χ0v) is 16.9. The van der Waals surface area contributed by atoms with Gasteiger partial charge in [-0.2, -0.15) is 0 Å². The predicted octanol–water partition coefficient (Wildman–Crippen LogP) is 4.26. The number of hydrogen-bond acceptors (Lipinski definition) is 5. The Labute approximate surface area is 173 Å². The van der Waals surface area contributed by atoms with Gasteiger partial charge in [0.1, 0.15) is 5.69 Å². The van der Waals surface area contributed by atoms with Crippen LogP contribution in [0.15, 0.2) is 48.7 Å². The average molecular weight is 406 g/mol. The molecule has 0 amide bonds. The number of aryl methyl sites for hydroxylation is 3. The van der Waals surface area contributed by atoms with Crippen LogP contribution in [0, 0.1) is 6.92 Å². The first-order chi connectivity index (χ1) is 14.1. The monoisotopic (exact) mass is 405 g/mol. The van der Waals surface area contributed by atoms with E-state index in [4.69, 9.17) is 11.6 Å². The third kappa shape index (κ3) is 3.27. The smallest absolute Gasteiger partial charge is 0.113 e. The number of nitrogens with one attached hydrogen (secondary N) is 1. The van der Waals surface area contributed by atoms with Crippen LogP contribution in [0.5, 0.6) is 0 Å². The van der Waals surface area contributed by atoms with Crippen LogP contribution in [0.4, 0.5) is 5.69 Å². The van der Waals surface area contributed by atoms with Crippen molar-refractivity contribution in [3.63, 3.8) is 0 Å². The third-order valence-corrected chi connectivity index (χ3v) is 5.55. The molecule has 8 heteroatoms. The predicted molar refractivity (Wildman–Crippen MR) is 113 cm³/mol. The van der Waals surface area contributed by atoms with Gasteiger partial charge < -0.3 is 5.32 Å². The first-order valence-electron chi connectivity index (χ1n) is 9.52. The highest BCUT2D eigenvalue weighted by Gasteiger charge is 2.26. The van der Waals surface area contributed by atoms with Gasteiger partial charge in [-0.1, -0.05) is 34.2 Å². The van der Waals surface area contributed by atoms with Gasteiger partial charge in [-0.15, -0.1) is 10.2 Å². The molecule has 0 radical (unpaired) electrons. The van der Waals surface area contributed by atoms with Crippen LogP contribution < -0.4 is 5.32 Å². The van der Waals surface area contributed by atoms with Gasteiger partial charge in [0.2, 0.25) is 0 Å². The van der Waals surface area contributed by atoms with Crippen molar-refractivity contribution in [1.82, 2.24) is 30.0 Å². The largest absolute Gasteiger partial charge is 0.378 e. The maximum atomic E-state index is 6.05. The second-order valence-electron chi connectivity index (χ2n) is 7.32. The Balaban J connectivity index is 1.62. The van der Waals surface area contributed by atoms with Crippen LogP contribution in [-0.2, 0) is 13.6 Å². The van der Waals surface area contributed by atoms with Crippen molar-refractivity contribution in [1.29, 1.82) is 0 Å². The molecule has 0 saturated heterocycles. The molecule has 1 unspecified atom stereocenters. The fraction of sp³-hybridized carbons (Fsp3) is 0.238.